The summed E-state index contributed by atoms with van der Waals surface area (Å²) >= 11 is 0. The van der Waals surface area contributed by atoms with E-state index in [2.05, 4.69) is 5.16 Å². The van der Waals surface area contributed by atoms with Crippen molar-refractivity contribution in [2.75, 3.05) is 6.61 Å². The molecule has 0 fully saturated rings. The Balaban J connectivity index is 2.62. The lowest BCUT2D eigenvalue weighted by Gasteiger charge is -2.13. The van der Waals surface area contributed by atoms with Crippen molar-refractivity contribution in [3.05, 3.63) is 35.9 Å². The second-order valence-electron chi connectivity index (χ2n) is 3.43. The summed E-state index contributed by atoms with van der Waals surface area (Å²) in [6, 6.07) is 8.96. The van der Waals surface area contributed by atoms with Crippen LogP contribution in [0.2, 0.25) is 0 Å². The Morgan fingerprint density at radius 3 is 2.62 bits per heavy atom. The van der Waals surface area contributed by atoms with Gasteiger partial charge in [-0.3, -0.25) is 0 Å². The molecule has 0 spiro atoms. The third-order valence-electron chi connectivity index (χ3n) is 2.18. The molecule has 1 unspecified atom stereocenters. The van der Waals surface area contributed by atoms with Gasteiger partial charge in [-0.2, -0.15) is 0 Å². The maximum atomic E-state index is 9.68. The zero-order chi connectivity index (χ0) is 11.8. The van der Waals surface area contributed by atoms with Gasteiger partial charge >= 0.3 is 0 Å². The molecule has 0 aromatic heterocycles. The molecule has 4 heteroatoms. The zero-order valence-corrected chi connectivity index (χ0v) is 9.34. The number of aliphatic hydroxyl groups is 1. The minimum Gasteiger partial charge on any atom is -0.410 e. The van der Waals surface area contributed by atoms with Crippen molar-refractivity contribution in [3.63, 3.8) is 0 Å². The lowest BCUT2D eigenvalue weighted by atomic mass is 10.1. The van der Waals surface area contributed by atoms with Crippen LogP contribution in [0.5, 0.6) is 0 Å². The molecule has 2 N–H and O–H groups in total. The highest BCUT2D eigenvalue weighted by Crippen LogP contribution is 2.06. The second-order valence-corrected chi connectivity index (χ2v) is 3.43. The molecule has 0 amide bonds. The highest BCUT2D eigenvalue weighted by molar-refractivity contribution is 6.02. The summed E-state index contributed by atoms with van der Waals surface area (Å²) in [7, 11) is 0. The first kappa shape index (κ1) is 12.7. The van der Waals surface area contributed by atoms with Gasteiger partial charge in [0.25, 0.3) is 0 Å². The largest absolute Gasteiger partial charge is 0.410 e. The average molecular weight is 223 g/mol. The van der Waals surface area contributed by atoms with E-state index in [1.165, 1.54) is 0 Å². The number of benzene rings is 1. The van der Waals surface area contributed by atoms with Gasteiger partial charge in [0, 0.05) is 5.56 Å². The first-order valence-corrected chi connectivity index (χ1v) is 5.36. The van der Waals surface area contributed by atoms with Crippen LogP contribution in [0.1, 0.15) is 25.3 Å². The first-order chi connectivity index (χ1) is 7.79. The molecule has 1 rings (SSSR count). The summed E-state index contributed by atoms with van der Waals surface area (Å²) in [6.07, 6.45) is 0.674. The molecule has 0 saturated carbocycles. The molecule has 0 bridgehead atoms. The number of unbranched alkanes of at least 4 members (excludes halogenated alkanes) is 1. The molecule has 1 aromatic carbocycles. The van der Waals surface area contributed by atoms with E-state index in [0.717, 1.165) is 12.8 Å². The molecule has 4 nitrogen and oxygen atoms in total. The molecule has 0 heterocycles. The van der Waals surface area contributed by atoms with E-state index >= 15 is 0 Å². The van der Waals surface area contributed by atoms with Crippen molar-refractivity contribution < 1.29 is 15.1 Å². The third kappa shape index (κ3) is 3.64. The summed E-state index contributed by atoms with van der Waals surface area (Å²) in [5.41, 5.74) is 0.783. The fourth-order valence-corrected chi connectivity index (χ4v) is 1.28. The van der Waals surface area contributed by atoms with Crippen LogP contribution in [0.15, 0.2) is 35.5 Å². The van der Waals surface area contributed by atoms with Crippen molar-refractivity contribution in [3.8, 4) is 0 Å². The smallest absolute Gasteiger partial charge is 0.202 e. The van der Waals surface area contributed by atoms with Gasteiger partial charge in [-0.05, 0) is 6.42 Å². The molecule has 0 aliphatic rings. The molecular weight excluding hydrogens is 206 g/mol. The first-order valence-electron chi connectivity index (χ1n) is 5.36. The minimum atomic E-state index is -1.18. The van der Waals surface area contributed by atoms with Gasteiger partial charge in [0.1, 0.15) is 5.71 Å². The van der Waals surface area contributed by atoms with E-state index in [0.29, 0.717) is 12.2 Å². The number of aliphatic hydroxyl groups excluding tert-OH is 1. The van der Waals surface area contributed by atoms with Crippen LogP contribution in [0.3, 0.4) is 0 Å². The summed E-state index contributed by atoms with van der Waals surface area (Å²) in [6.45, 7) is 2.48. The maximum absolute atomic E-state index is 9.68. The third-order valence-corrected chi connectivity index (χ3v) is 2.18. The number of nitrogens with zero attached hydrogens (tertiary/aromatic N) is 1. The Bertz CT molecular complexity index is 324. The van der Waals surface area contributed by atoms with Crippen LogP contribution in [-0.2, 0) is 4.74 Å². The zero-order valence-electron chi connectivity index (χ0n) is 9.34. The van der Waals surface area contributed by atoms with Gasteiger partial charge in [0.2, 0.25) is 6.29 Å². The monoisotopic (exact) mass is 223 g/mol. The van der Waals surface area contributed by atoms with Gasteiger partial charge in [0.15, 0.2) is 0 Å². The average Bonchev–Trinajstić information content (AvgIpc) is 2.32. The van der Waals surface area contributed by atoms with Crippen molar-refractivity contribution in [2.45, 2.75) is 26.1 Å². The second kappa shape index (κ2) is 6.98. The summed E-state index contributed by atoms with van der Waals surface area (Å²) in [4.78, 5) is 0. The number of oxime groups is 1. The Labute approximate surface area is 95.2 Å². The predicted molar refractivity (Wildman–Crippen MR) is 61.6 cm³/mol. The molecule has 88 valence electrons. The number of hydrogen-bond donors (Lipinski definition) is 2. The fourth-order valence-electron chi connectivity index (χ4n) is 1.28. The van der Waals surface area contributed by atoms with Crippen LogP contribution >= 0.6 is 0 Å². The highest BCUT2D eigenvalue weighted by atomic mass is 16.6. The number of hydrogen-bond acceptors (Lipinski definition) is 4. The van der Waals surface area contributed by atoms with Crippen LogP contribution in [0.25, 0.3) is 0 Å². The maximum Gasteiger partial charge on any atom is 0.202 e. The lowest BCUT2D eigenvalue weighted by Crippen LogP contribution is -2.25. The predicted octanol–water partition coefficient (Wildman–Crippen LogP) is 2.00. The standard InChI is InChI=1S/C12H17NO3/c1-2-3-9-16-12(14)11(13-15)10-7-5-4-6-8-10/h4-8,12,14-15H,2-3,9H2,1H3. The summed E-state index contributed by atoms with van der Waals surface area (Å²) < 4.78 is 5.15. The molecule has 1 atom stereocenters. The highest BCUT2D eigenvalue weighted by Gasteiger charge is 2.15. The minimum absolute atomic E-state index is 0.136. The van der Waals surface area contributed by atoms with Gasteiger partial charge in [-0.15, -0.1) is 0 Å². The number of ether oxygens (including phenoxy) is 1. The van der Waals surface area contributed by atoms with Crippen LogP contribution in [-0.4, -0.2) is 28.9 Å². The van der Waals surface area contributed by atoms with E-state index in [9.17, 15) is 5.11 Å². The molecule has 0 radical (unpaired) electrons. The topological polar surface area (TPSA) is 62.0 Å². The fraction of sp³-hybridized carbons (Fsp3) is 0.417. The molecule has 0 aliphatic heterocycles. The van der Waals surface area contributed by atoms with E-state index in [1.54, 1.807) is 24.3 Å². The van der Waals surface area contributed by atoms with Crippen molar-refractivity contribution in [1.82, 2.24) is 0 Å². The van der Waals surface area contributed by atoms with E-state index < -0.39 is 6.29 Å². The summed E-state index contributed by atoms with van der Waals surface area (Å²) in [5, 5.41) is 21.6. The SMILES string of the molecule is CCCCOC(O)C(=NO)c1ccccc1. The quantitative estimate of drug-likeness (QED) is 0.255. The molecule has 0 saturated heterocycles. The Kier molecular flexibility index (Phi) is 5.53. The van der Waals surface area contributed by atoms with E-state index in [1.807, 2.05) is 13.0 Å². The van der Waals surface area contributed by atoms with Crippen LogP contribution in [0.4, 0.5) is 0 Å². The van der Waals surface area contributed by atoms with Gasteiger partial charge < -0.3 is 15.1 Å². The van der Waals surface area contributed by atoms with E-state index in [4.69, 9.17) is 9.94 Å². The van der Waals surface area contributed by atoms with Crippen molar-refractivity contribution in [1.29, 1.82) is 0 Å². The summed E-state index contributed by atoms with van der Waals surface area (Å²) in [5.74, 6) is 0. The van der Waals surface area contributed by atoms with Gasteiger partial charge in [0.05, 0.1) is 6.61 Å². The van der Waals surface area contributed by atoms with Crippen molar-refractivity contribution in [2.24, 2.45) is 5.16 Å². The van der Waals surface area contributed by atoms with Gasteiger partial charge in [-0.25, -0.2) is 0 Å². The van der Waals surface area contributed by atoms with Crippen LogP contribution < -0.4 is 0 Å². The van der Waals surface area contributed by atoms with Gasteiger partial charge in [-0.1, -0.05) is 48.8 Å². The molecule has 16 heavy (non-hydrogen) atoms. The lowest BCUT2D eigenvalue weighted by molar-refractivity contribution is -0.0513. The number of rotatable bonds is 6. The molecular formula is C12H17NO3. The molecule has 1 aromatic rings. The van der Waals surface area contributed by atoms with Crippen LogP contribution in [0, 0.1) is 0 Å². The normalized spacial score (nSPS) is 13.8. The Morgan fingerprint density at radius 2 is 2.06 bits per heavy atom. The Morgan fingerprint density at radius 1 is 1.38 bits per heavy atom. The van der Waals surface area contributed by atoms with Crippen molar-refractivity contribution >= 4 is 5.71 Å². The Hall–Kier alpha value is -1.39. The molecule has 0 aliphatic carbocycles. The van der Waals surface area contributed by atoms with E-state index in [-0.39, 0.29) is 5.71 Å².